The van der Waals surface area contributed by atoms with E-state index in [0.29, 0.717) is 5.56 Å². The average molecular weight is 294 g/mol. The van der Waals surface area contributed by atoms with Gasteiger partial charge in [0.15, 0.2) is 5.75 Å². The molecule has 114 valence electrons. The van der Waals surface area contributed by atoms with Crippen LogP contribution in [0.2, 0.25) is 0 Å². The fourth-order valence-electron chi connectivity index (χ4n) is 2.15. The van der Waals surface area contributed by atoms with Crippen LogP contribution in [-0.4, -0.2) is 34.7 Å². The van der Waals surface area contributed by atoms with Crippen molar-refractivity contribution in [2.45, 2.75) is 38.8 Å². The summed E-state index contributed by atoms with van der Waals surface area (Å²) >= 11 is 0. The molecule has 1 aromatic rings. The fraction of sp³-hybridized carbons (Fsp3) is 0.500. The Morgan fingerprint density at radius 3 is 2.71 bits per heavy atom. The summed E-state index contributed by atoms with van der Waals surface area (Å²) < 4.78 is 5.45. The number of aryl methyl sites for hydroxylation is 2. The lowest BCUT2D eigenvalue weighted by atomic mass is 10.1. The van der Waals surface area contributed by atoms with Crippen LogP contribution < -0.4 is 10.1 Å². The van der Waals surface area contributed by atoms with Crippen molar-refractivity contribution in [1.29, 1.82) is 0 Å². The highest BCUT2D eigenvalue weighted by molar-refractivity contribution is 5.73. The molecule has 1 unspecified atom stereocenters. The van der Waals surface area contributed by atoms with Crippen LogP contribution in [0.5, 0.6) is 5.75 Å². The molecule has 0 heterocycles. The maximum atomic E-state index is 11.2. The second-order valence-corrected chi connectivity index (χ2v) is 5.33. The highest BCUT2D eigenvalue weighted by Crippen LogP contribution is 2.32. The molecule has 1 saturated carbocycles. The monoisotopic (exact) mass is 294 g/mol. The standard InChI is InChI=1S/C14H18N2O5/c1-8-5-9(2)13(12(6-8)16(19)20)21-7-11(14(17)18)15-10-3-4-10/h5-6,10-11,15H,3-4,7H2,1-2H3,(H,17,18). The number of nitro groups is 1. The first-order valence-electron chi connectivity index (χ1n) is 6.75. The van der Waals surface area contributed by atoms with Crippen LogP contribution >= 0.6 is 0 Å². The molecule has 0 spiro atoms. The summed E-state index contributed by atoms with van der Waals surface area (Å²) in [6.07, 6.45) is 1.90. The number of aliphatic carboxylic acids is 1. The van der Waals surface area contributed by atoms with Crippen molar-refractivity contribution < 1.29 is 19.6 Å². The lowest BCUT2D eigenvalue weighted by molar-refractivity contribution is -0.386. The number of nitrogens with zero attached hydrogens (tertiary/aromatic N) is 1. The molecule has 0 radical (unpaired) electrons. The Labute approximate surface area is 122 Å². The first kappa shape index (κ1) is 15.2. The minimum Gasteiger partial charge on any atom is -0.484 e. The van der Waals surface area contributed by atoms with Crippen LogP contribution in [0.3, 0.4) is 0 Å². The smallest absolute Gasteiger partial charge is 0.324 e. The Kier molecular flexibility index (Phi) is 4.42. The third-order valence-electron chi connectivity index (χ3n) is 3.30. The molecule has 0 saturated heterocycles. The second kappa shape index (κ2) is 6.09. The van der Waals surface area contributed by atoms with Gasteiger partial charge in [0.05, 0.1) is 4.92 Å². The van der Waals surface area contributed by atoms with Gasteiger partial charge in [-0.15, -0.1) is 0 Å². The molecule has 2 N–H and O–H groups in total. The number of benzene rings is 1. The van der Waals surface area contributed by atoms with Crippen LogP contribution in [0.25, 0.3) is 0 Å². The third-order valence-corrected chi connectivity index (χ3v) is 3.30. The van der Waals surface area contributed by atoms with E-state index in [9.17, 15) is 14.9 Å². The van der Waals surface area contributed by atoms with Crippen LogP contribution in [0.1, 0.15) is 24.0 Å². The number of hydrogen-bond donors (Lipinski definition) is 2. The third kappa shape index (κ3) is 3.91. The van der Waals surface area contributed by atoms with Gasteiger partial charge in [-0.2, -0.15) is 0 Å². The van der Waals surface area contributed by atoms with E-state index in [4.69, 9.17) is 9.84 Å². The molecule has 7 nitrogen and oxygen atoms in total. The summed E-state index contributed by atoms with van der Waals surface area (Å²) in [6.45, 7) is 3.33. The van der Waals surface area contributed by atoms with Crippen LogP contribution in [-0.2, 0) is 4.79 Å². The molecular formula is C14H18N2O5. The van der Waals surface area contributed by atoms with Crippen molar-refractivity contribution in [3.05, 3.63) is 33.4 Å². The zero-order valence-corrected chi connectivity index (χ0v) is 12.0. The van der Waals surface area contributed by atoms with Crippen molar-refractivity contribution >= 4 is 11.7 Å². The summed E-state index contributed by atoms with van der Waals surface area (Å²) in [6, 6.07) is 2.54. The number of carbonyl (C=O) groups is 1. The predicted octanol–water partition coefficient (Wildman–Crippen LogP) is 1.80. The molecule has 7 heteroatoms. The Morgan fingerprint density at radius 2 is 2.19 bits per heavy atom. The Hall–Kier alpha value is -2.15. The SMILES string of the molecule is Cc1cc(C)c(OCC(NC2CC2)C(=O)O)c([N+](=O)[O-])c1. The zero-order chi connectivity index (χ0) is 15.6. The van der Waals surface area contributed by atoms with Gasteiger partial charge in [-0.25, -0.2) is 0 Å². The van der Waals surface area contributed by atoms with E-state index in [-0.39, 0.29) is 24.1 Å². The number of nitro benzene ring substituents is 1. The minimum atomic E-state index is -1.02. The van der Waals surface area contributed by atoms with Crippen LogP contribution in [0, 0.1) is 24.0 Å². The number of carboxylic acid groups (broad SMARTS) is 1. The number of nitrogens with one attached hydrogen (secondary N) is 1. The van der Waals surface area contributed by atoms with Gasteiger partial charge >= 0.3 is 11.7 Å². The van der Waals surface area contributed by atoms with Gasteiger partial charge in [0.25, 0.3) is 0 Å². The van der Waals surface area contributed by atoms with Crippen molar-refractivity contribution in [2.75, 3.05) is 6.61 Å². The van der Waals surface area contributed by atoms with Gasteiger partial charge in [0.1, 0.15) is 12.6 Å². The first-order chi connectivity index (χ1) is 9.88. The van der Waals surface area contributed by atoms with Gasteiger partial charge in [-0.1, -0.05) is 6.07 Å². The number of carboxylic acids is 1. The topological polar surface area (TPSA) is 102 Å². The predicted molar refractivity (Wildman–Crippen MR) is 75.6 cm³/mol. The summed E-state index contributed by atoms with van der Waals surface area (Å²) in [5.41, 5.74) is 1.25. The summed E-state index contributed by atoms with van der Waals surface area (Å²) in [5.74, 6) is -0.885. The lowest BCUT2D eigenvalue weighted by Crippen LogP contribution is -2.42. The lowest BCUT2D eigenvalue weighted by Gasteiger charge is -2.16. The van der Waals surface area contributed by atoms with Crippen molar-refractivity contribution in [2.24, 2.45) is 0 Å². The fourth-order valence-corrected chi connectivity index (χ4v) is 2.15. The molecule has 1 aliphatic carbocycles. The highest BCUT2D eigenvalue weighted by atomic mass is 16.6. The Bertz CT molecular complexity index is 569. The van der Waals surface area contributed by atoms with Crippen molar-refractivity contribution in [3.63, 3.8) is 0 Å². The normalized spacial score (nSPS) is 15.5. The van der Waals surface area contributed by atoms with E-state index in [0.717, 1.165) is 18.4 Å². The molecule has 0 aromatic heterocycles. The molecule has 1 aromatic carbocycles. The molecule has 21 heavy (non-hydrogen) atoms. The largest absolute Gasteiger partial charge is 0.484 e. The Balaban J connectivity index is 2.14. The van der Waals surface area contributed by atoms with E-state index in [2.05, 4.69) is 5.32 Å². The average Bonchev–Trinajstić information content (AvgIpc) is 3.18. The maximum Gasteiger partial charge on any atom is 0.324 e. The molecule has 2 rings (SSSR count). The van der Waals surface area contributed by atoms with E-state index in [1.807, 2.05) is 0 Å². The summed E-state index contributed by atoms with van der Waals surface area (Å²) in [7, 11) is 0. The van der Waals surface area contributed by atoms with Crippen LogP contribution in [0.4, 0.5) is 5.69 Å². The van der Waals surface area contributed by atoms with Gasteiger partial charge in [-0.3, -0.25) is 20.2 Å². The van der Waals surface area contributed by atoms with Crippen LogP contribution in [0.15, 0.2) is 12.1 Å². The van der Waals surface area contributed by atoms with E-state index in [1.165, 1.54) is 6.07 Å². The van der Waals surface area contributed by atoms with Gasteiger partial charge in [-0.05, 0) is 37.8 Å². The molecular weight excluding hydrogens is 276 g/mol. The van der Waals surface area contributed by atoms with E-state index < -0.39 is 16.9 Å². The molecule has 1 fully saturated rings. The zero-order valence-electron chi connectivity index (χ0n) is 12.0. The highest BCUT2D eigenvalue weighted by Gasteiger charge is 2.29. The quantitative estimate of drug-likeness (QED) is 0.587. The van der Waals surface area contributed by atoms with E-state index in [1.54, 1.807) is 19.9 Å². The first-order valence-corrected chi connectivity index (χ1v) is 6.75. The molecule has 0 aliphatic heterocycles. The van der Waals surface area contributed by atoms with Crippen molar-refractivity contribution in [3.8, 4) is 5.75 Å². The van der Waals surface area contributed by atoms with Crippen molar-refractivity contribution in [1.82, 2.24) is 5.32 Å². The Morgan fingerprint density at radius 1 is 1.52 bits per heavy atom. The molecule has 1 aliphatic rings. The molecule has 0 amide bonds. The molecule has 0 bridgehead atoms. The number of rotatable bonds is 7. The second-order valence-electron chi connectivity index (χ2n) is 5.33. The number of ether oxygens (including phenoxy) is 1. The summed E-state index contributed by atoms with van der Waals surface area (Å²) in [5, 5.41) is 23.2. The van der Waals surface area contributed by atoms with Gasteiger partial charge < -0.3 is 9.84 Å². The van der Waals surface area contributed by atoms with Gasteiger partial charge in [0, 0.05) is 12.1 Å². The molecule has 1 atom stereocenters. The van der Waals surface area contributed by atoms with E-state index >= 15 is 0 Å². The van der Waals surface area contributed by atoms with Gasteiger partial charge in [0.2, 0.25) is 0 Å². The maximum absolute atomic E-state index is 11.2. The number of hydrogen-bond acceptors (Lipinski definition) is 5. The summed E-state index contributed by atoms with van der Waals surface area (Å²) in [4.78, 5) is 21.7. The minimum absolute atomic E-state index is 0.134.